The summed E-state index contributed by atoms with van der Waals surface area (Å²) in [5.74, 6) is 0. The summed E-state index contributed by atoms with van der Waals surface area (Å²) in [6.07, 6.45) is 1.73. The number of halogens is 1. The van der Waals surface area contributed by atoms with Crippen molar-refractivity contribution < 1.29 is 4.39 Å². The Morgan fingerprint density at radius 1 is 1.89 bits per heavy atom. The number of nitrogens with zero attached hydrogens (tertiary/aromatic N) is 1. The molecular weight excluding hydrogens is 137 g/mol. The summed E-state index contributed by atoms with van der Waals surface area (Å²) >= 11 is 1.49. The van der Waals surface area contributed by atoms with E-state index in [4.69, 9.17) is 0 Å². The summed E-state index contributed by atoms with van der Waals surface area (Å²) in [5.41, 5.74) is 0. The molecule has 0 saturated carbocycles. The van der Waals surface area contributed by atoms with Crippen molar-refractivity contribution in [1.82, 2.24) is 4.31 Å². The lowest BCUT2D eigenvalue weighted by atomic mass is 10.4. The van der Waals surface area contributed by atoms with Crippen molar-refractivity contribution in [3.8, 4) is 0 Å². The molecule has 0 aromatic carbocycles. The quantitative estimate of drug-likeness (QED) is 0.413. The Labute approximate surface area is 59.1 Å². The molecule has 3 heteroatoms. The average molecular weight is 147 g/mol. The predicted octanol–water partition coefficient (Wildman–Crippen LogP) is 2.17. The molecule has 0 aliphatic carbocycles. The van der Waals surface area contributed by atoms with Gasteiger partial charge in [-0.2, -0.15) is 0 Å². The van der Waals surface area contributed by atoms with Gasteiger partial charge in [0.2, 0.25) is 0 Å². The zero-order valence-electron chi connectivity index (χ0n) is 5.60. The van der Waals surface area contributed by atoms with Crippen LogP contribution in [0.25, 0.3) is 0 Å². The molecule has 0 aromatic heterocycles. The highest BCUT2D eigenvalue weighted by Gasteiger charge is 2.19. The molecule has 52 valence electrons. The van der Waals surface area contributed by atoms with Crippen molar-refractivity contribution >= 4 is 11.9 Å². The van der Waals surface area contributed by atoms with Crippen LogP contribution in [0.3, 0.4) is 0 Å². The SMILES string of the molecule is CCC1=CC(F)N(C)S1. The largest absolute Gasteiger partial charge is 0.224 e. The minimum Gasteiger partial charge on any atom is -0.224 e. The van der Waals surface area contributed by atoms with E-state index in [1.54, 1.807) is 17.4 Å². The van der Waals surface area contributed by atoms with Gasteiger partial charge in [0.05, 0.1) is 0 Å². The van der Waals surface area contributed by atoms with Crippen LogP contribution in [0.5, 0.6) is 0 Å². The zero-order valence-corrected chi connectivity index (χ0v) is 6.41. The molecule has 0 N–H and O–H groups in total. The van der Waals surface area contributed by atoms with Gasteiger partial charge in [-0.3, -0.25) is 0 Å². The van der Waals surface area contributed by atoms with Gasteiger partial charge in [-0.05, 0) is 24.4 Å². The highest BCUT2D eigenvalue weighted by molar-refractivity contribution is 8.01. The van der Waals surface area contributed by atoms with Gasteiger partial charge >= 0.3 is 0 Å². The van der Waals surface area contributed by atoms with Crippen LogP contribution in [0, 0.1) is 0 Å². The van der Waals surface area contributed by atoms with Crippen LogP contribution in [0.4, 0.5) is 4.39 Å². The molecule has 0 aromatic rings. The first-order valence-corrected chi connectivity index (χ1v) is 3.77. The highest BCUT2D eigenvalue weighted by atomic mass is 32.2. The molecule has 0 spiro atoms. The van der Waals surface area contributed by atoms with E-state index >= 15 is 0 Å². The lowest BCUT2D eigenvalue weighted by Crippen LogP contribution is -2.12. The van der Waals surface area contributed by atoms with E-state index in [1.165, 1.54) is 11.9 Å². The highest BCUT2D eigenvalue weighted by Crippen LogP contribution is 2.32. The van der Waals surface area contributed by atoms with E-state index in [-0.39, 0.29) is 0 Å². The van der Waals surface area contributed by atoms with E-state index in [0.29, 0.717) is 0 Å². The molecular formula is C6H10FNS. The topological polar surface area (TPSA) is 3.24 Å². The van der Waals surface area contributed by atoms with Gasteiger partial charge in [-0.1, -0.05) is 6.92 Å². The van der Waals surface area contributed by atoms with Crippen LogP contribution in [-0.4, -0.2) is 17.6 Å². The van der Waals surface area contributed by atoms with Crippen molar-refractivity contribution in [1.29, 1.82) is 0 Å². The van der Waals surface area contributed by atoms with Crippen LogP contribution in [-0.2, 0) is 0 Å². The molecule has 9 heavy (non-hydrogen) atoms. The summed E-state index contributed by atoms with van der Waals surface area (Å²) in [6, 6.07) is 0. The molecule has 0 fully saturated rings. The van der Waals surface area contributed by atoms with Crippen LogP contribution in [0.2, 0.25) is 0 Å². The van der Waals surface area contributed by atoms with Crippen molar-refractivity contribution in [2.45, 2.75) is 19.6 Å². The standard InChI is InChI=1S/C6H10FNS/c1-3-5-4-6(7)8(2)9-5/h4,6H,3H2,1-2H3. The molecule has 0 bridgehead atoms. The monoisotopic (exact) mass is 147 g/mol. The van der Waals surface area contributed by atoms with Gasteiger partial charge in [-0.25, -0.2) is 8.70 Å². The Kier molecular flexibility index (Phi) is 2.13. The van der Waals surface area contributed by atoms with Crippen LogP contribution in [0.15, 0.2) is 11.0 Å². The first kappa shape index (κ1) is 7.09. The molecule has 1 aliphatic heterocycles. The molecule has 1 aliphatic rings. The number of likely N-dealkylation sites (N-methyl/N-ethyl adjacent to an activating group) is 1. The van der Waals surface area contributed by atoms with E-state index in [0.717, 1.165) is 11.3 Å². The summed E-state index contributed by atoms with van der Waals surface area (Å²) < 4.78 is 14.2. The van der Waals surface area contributed by atoms with Crippen LogP contribution >= 0.6 is 11.9 Å². The Morgan fingerprint density at radius 3 is 2.78 bits per heavy atom. The minimum absolute atomic E-state index is 0.870. The molecule has 0 radical (unpaired) electrons. The lowest BCUT2D eigenvalue weighted by molar-refractivity contribution is 0.267. The molecule has 0 saturated heterocycles. The molecule has 1 unspecified atom stereocenters. The third-order valence-electron chi connectivity index (χ3n) is 1.28. The number of hydrogen-bond acceptors (Lipinski definition) is 2. The average Bonchev–Trinajstić information content (AvgIpc) is 2.13. The third kappa shape index (κ3) is 1.46. The lowest BCUT2D eigenvalue weighted by Gasteiger charge is -2.07. The van der Waals surface area contributed by atoms with E-state index in [1.807, 2.05) is 6.92 Å². The first-order chi connectivity index (χ1) is 4.24. The minimum atomic E-state index is -0.870. The first-order valence-electron chi connectivity index (χ1n) is 2.99. The number of alkyl halides is 1. The number of hydrogen-bond donors (Lipinski definition) is 0. The fourth-order valence-electron chi connectivity index (χ4n) is 0.706. The maximum absolute atomic E-state index is 12.6. The van der Waals surface area contributed by atoms with Gasteiger partial charge in [0.15, 0.2) is 6.30 Å². The summed E-state index contributed by atoms with van der Waals surface area (Å²) in [5, 5.41) is 0. The fourth-order valence-corrected chi connectivity index (χ4v) is 1.54. The second-order valence-electron chi connectivity index (χ2n) is 2.00. The summed E-state index contributed by atoms with van der Waals surface area (Å²) in [6.45, 7) is 2.03. The van der Waals surface area contributed by atoms with Gasteiger partial charge in [0, 0.05) is 12.0 Å². The van der Waals surface area contributed by atoms with Gasteiger partial charge in [0.1, 0.15) is 0 Å². The number of rotatable bonds is 1. The second kappa shape index (κ2) is 2.71. The third-order valence-corrected chi connectivity index (χ3v) is 2.43. The zero-order chi connectivity index (χ0) is 6.85. The summed E-state index contributed by atoms with van der Waals surface area (Å²) in [4.78, 5) is 1.13. The van der Waals surface area contributed by atoms with Crippen molar-refractivity contribution in [2.24, 2.45) is 0 Å². The second-order valence-corrected chi connectivity index (χ2v) is 3.28. The molecule has 1 nitrogen and oxygen atoms in total. The van der Waals surface area contributed by atoms with Crippen molar-refractivity contribution in [3.63, 3.8) is 0 Å². The normalized spacial score (nSPS) is 28.8. The Hall–Kier alpha value is -0.0200. The van der Waals surface area contributed by atoms with Crippen molar-refractivity contribution in [3.05, 3.63) is 11.0 Å². The van der Waals surface area contributed by atoms with E-state index in [9.17, 15) is 4.39 Å². The summed E-state index contributed by atoms with van der Waals surface area (Å²) in [7, 11) is 1.76. The molecule has 1 rings (SSSR count). The van der Waals surface area contributed by atoms with Crippen LogP contribution < -0.4 is 0 Å². The Morgan fingerprint density at radius 2 is 2.56 bits per heavy atom. The maximum atomic E-state index is 12.6. The Bertz CT molecular complexity index is 135. The molecule has 1 atom stereocenters. The fraction of sp³-hybridized carbons (Fsp3) is 0.667. The van der Waals surface area contributed by atoms with Gasteiger partial charge in [0.25, 0.3) is 0 Å². The van der Waals surface area contributed by atoms with E-state index < -0.39 is 6.30 Å². The van der Waals surface area contributed by atoms with Crippen LogP contribution in [0.1, 0.15) is 13.3 Å². The Balaban J connectivity index is 2.52. The molecule has 1 heterocycles. The van der Waals surface area contributed by atoms with Gasteiger partial charge in [-0.15, -0.1) is 0 Å². The maximum Gasteiger partial charge on any atom is 0.182 e. The predicted molar refractivity (Wildman–Crippen MR) is 38.6 cm³/mol. The van der Waals surface area contributed by atoms with Crippen molar-refractivity contribution in [2.75, 3.05) is 7.05 Å². The molecule has 0 amide bonds. The number of allylic oxidation sites excluding steroid dienone is 1. The van der Waals surface area contributed by atoms with E-state index in [2.05, 4.69) is 0 Å². The smallest absolute Gasteiger partial charge is 0.182 e. The van der Waals surface area contributed by atoms with Gasteiger partial charge < -0.3 is 0 Å².